The molecule has 0 amide bonds. The highest BCUT2D eigenvalue weighted by Crippen LogP contribution is 2.18. The highest BCUT2D eigenvalue weighted by atomic mass is 16.6. The Morgan fingerprint density at radius 2 is 2.27 bits per heavy atom. The SMILES string of the molecule is O=[N+]([O-])c1ccccc1Cn1c[c]cn1. The minimum absolute atomic E-state index is 0.119. The molecule has 1 aromatic carbocycles. The quantitative estimate of drug-likeness (QED) is 0.561. The number of nitrogens with zero attached hydrogens (tertiary/aromatic N) is 3. The van der Waals surface area contributed by atoms with Crippen LogP contribution in [0.1, 0.15) is 5.56 Å². The second kappa shape index (κ2) is 3.91. The van der Waals surface area contributed by atoms with E-state index in [-0.39, 0.29) is 10.6 Å². The van der Waals surface area contributed by atoms with Gasteiger partial charge in [0.05, 0.1) is 23.2 Å². The van der Waals surface area contributed by atoms with Crippen LogP contribution in [0.15, 0.2) is 36.7 Å². The van der Waals surface area contributed by atoms with E-state index in [0.717, 1.165) is 0 Å². The summed E-state index contributed by atoms with van der Waals surface area (Å²) in [6.07, 6.45) is 3.17. The van der Waals surface area contributed by atoms with E-state index in [1.807, 2.05) is 0 Å². The smallest absolute Gasteiger partial charge is 0.267 e. The number of aromatic nitrogens is 2. The van der Waals surface area contributed by atoms with Gasteiger partial charge in [0.25, 0.3) is 5.69 Å². The normalized spacial score (nSPS) is 10.1. The number of benzene rings is 1. The van der Waals surface area contributed by atoms with Gasteiger partial charge >= 0.3 is 0 Å². The van der Waals surface area contributed by atoms with Crippen LogP contribution in [0.5, 0.6) is 0 Å². The molecule has 2 rings (SSSR count). The Balaban J connectivity index is 2.32. The van der Waals surface area contributed by atoms with Gasteiger partial charge in [-0.05, 0) is 0 Å². The minimum Gasteiger partial charge on any atom is -0.267 e. The van der Waals surface area contributed by atoms with E-state index in [1.54, 1.807) is 29.1 Å². The number of para-hydroxylation sites is 1. The van der Waals surface area contributed by atoms with Crippen molar-refractivity contribution >= 4 is 5.69 Å². The van der Waals surface area contributed by atoms with Crippen LogP contribution in [0.3, 0.4) is 0 Å². The summed E-state index contributed by atoms with van der Waals surface area (Å²) < 4.78 is 1.60. The predicted octanol–water partition coefficient (Wildman–Crippen LogP) is 1.64. The maximum absolute atomic E-state index is 10.7. The maximum atomic E-state index is 10.7. The summed E-state index contributed by atoms with van der Waals surface area (Å²) in [5.74, 6) is 0. The third-order valence-electron chi connectivity index (χ3n) is 2.02. The van der Waals surface area contributed by atoms with Gasteiger partial charge in [-0.2, -0.15) is 5.10 Å². The molecular formula is C10H8N3O2. The van der Waals surface area contributed by atoms with E-state index in [0.29, 0.717) is 12.1 Å². The molecule has 5 nitrogen and oxygen atoms in total. The third-order valence-corrected chi connectivity index (χ3v) is 2.02. The zero-order valence-electron chi connectivity index (χ0n) is 7.83. The summed E-state index contributed by atoms with van der Waals surface area (Å²) in [7, 11) is 0. The first-order chi connectivity index (χ1) is 7.27. The summed E-state index contributed by atoms with van der Waals surface area (Å²) in [6.45, 7) is 0.390. The lowest BCUT2D eigenvalue weighted by Crippen LogP contribution is -2.03. The Morgan fingerprint density at radius 1 is 1.47 bits per heavy atom. The van der Waals surface area contributed by atoms with Crippen LogP contribution in [-0.2, 0) is 6.54 Å². The van der Waals surface area contributed by atoms with Gasteiger partial charge in [0, 0.05) is 18.3 Å². The topological polar surface area (TPSA) is 61.0 Å². The molecular weight excluding hydrogens is 194 g/mol. The monoisotopic (exact) mass is 202 g/mol. The molecule has 0 spiro atoms. The van der Waals surface area contributed by atoms with Crippen molar-refractivity contribution in [3.63, 3.8) is 0 Å². The molecule has 0 unspecified atom stereocenters. The van der Waals surface area contributed by atoms with Crippen molar-refractivity contribution in [2.75, 3.05) is 0 Å². The second-order valence-corrected chi connectivity index (χ2v) is 3.02. The van der Waals surface area contributed by atoms with Gasteiger partial charge in [-0.1, -0.05) is 18.2 Å². The molecule has 0 fully saturated rings. The number of nitro groups is 1. The van der Waals surface area contributed by atoms with E-state index in [9.17, 15) is 10.1 Å². The Bertz CT molecular complexity index is 465. The fourth-order valence-corrected chi connectivity index (χ4v) is 1.34. The Labute approximate surface area is 86.1 Å². The summed E-state index contributed by atoms with van der Waals surface area (Å²) in [5, 5.41) is 14.7. The standard InChI is InChI=1S/C10H8N3O2/c14-13(15)10-5-2-1-4-9(10)8-12-7-3-6-11-12/h1-2,4-7H,8H2. The molecule has 0 saturated carbocycles. The maximum Gasteiger partial charge on any atom is 0.274 e. The number of hydrogen-bond acceptors (Lipinski definition) is 3. The largest absolute Gasteiger partial charge is 0.274 e. The van der Waals surface area contributed by atoms with Crippen molar-refractivity contribution in [1.82, 2.24) is 9.78 Å². The molecule has 0 aliphatic carbocycles. The van der Waals surface area contributed by atoms with Gasteiger partial charge in [0.2, 0.25) is 0 Å². The highest BCUT2D eigenvalue weighted by molar-refractivity contribution is 5.39. The van der Waals surface area contributed by atoms with Gasteiger partial charge < -0.3 is 0 Å². The van der Waals surface area contributed by atoms with Gasteiger partial charge in [0.1, 0.15) is 0 Å². The second-order valence-electron chi connectivity index (χ2n) is 3.02. The molecule has 0 bridgehead atoms. The first-order valence-electron chi connectivity index (χ1n) is 4.38. The van der Waals surface area contributed by atoms with Crippen LogP contribution in [-0.4, -0.2) is 14.7 Å². The number of hydrogen-bond donors (Lipinski definition) is 0. The van der Waals surface area contributed by atoms with Crippen LogP contribution in [0.25, 0.3) is 0 Å². The summed E-state index contributed by atoms with van der Waals surface area (Å²) in [6, 6.07) is 9.41. The first kappa shape index (κ1) is 9.39. The molecule has 75 valence electrons. The average molecular weight is 202 g/mol. The molecule has 1 radical (unpaired) electrons. The molecule has 2 aromatic rings. The minimum atomic E-state index is -0.386. The molecule has 0 saturated heterocycles. The molecule has 1 aromatic heterocycles. The lowest BCUT2D eigenvalue weighted by atomic mass is 10.2. The molecule has 5 heteroatoms. The molecule has 0 N–H and O–H groups in total. The third kappa shape index (κ3) is 2.01. The van der Waals surface area contributed by atoms with Crippen molar-refractivity contribution in [3.05, 3.63) is 58.4 Å². The van der Waals surface area contributed by atoms with E-state index >= 15 is 0 Å². The fraction of sp³-hybridized carbons (Fsp3) is 0.100. The van der Waals surface area contributed by atoms with Gasteiger partial charge in [0.15, 0.2) is 0 Å². The Hall–Kier alpha value is -2.17. The number of nitro benzene ring substituents is 1. The van der Waals surface area contributed by atoms with Crippen molar-refractivity contribution in [2.45, 2.75) is 6.54 Å². The molecule has 0 aliphatic heterocycles. The molecule has 0 atom stereocenters. The molecule has 0 aliphatic rings. The average Bonchev–Trinajstić information content (AvgIpc) is 2.71. The van der Waals surface area contributed by atoms with Crippen LogP contribution in [0.2, 0.25) is 0 Å². The Morgan fingerprint density at radius 3 is 2.93 bits per heavy atom. The lowest BCUT2D eigenvalue weighted by Gasteiger charge is -2.02. The van der Waals surface area contributed by atoms with Crippen molar-refractivity contribution < 1.29 is 4.92 Å². The zero-order chi connectivity index (χ0) is 10.7. The zero-order valence-corrected chi connectivity index (χ0v) is 7.83. The van der Waals surface area contributed by atoms with Gasteiger partial charge in [-0.3, -0.25) is 14.8 Å². The predicted molar refractivity (Wildman–Crippen MR) is 53.3 cm³/mol. The van der Waals surface area contributed by atoms with E-state index in [4.69, 9.17) is 0 Å². The highest BCUT2D eigenvalue weighted by Gasteiger charge is 2.12. The van der Waals surface area contributed by atoms with Crippen LogP contribution >= 0.6 is 0 Å². The Kier molecular flexibility index (Phi) is 2.45. The van der Waals surface area contributed by atoms with Crippen molar-refractivity contribution in [2.24, 2.45) is 0 Å². The first-order valence-corrected chi connectivity index (χ1v) is 4.38. The summed E-state index contributed by atoms with van der Waals surface area (Å²) in [5.41, 5.74) is 0.757. The van der Waals surface area contributed by atoms with Crippen molar-refractivity contribution in [3.8, 4) is 0 Å². The molecule has 15 heavy (non-hydrogen) atoms. The van der Waals surface area contributed by atoms with E-state index < -0.39 is 0 Å². The van der Waals surface area contributed by atoms with Gasteiger partial charge in [-0.25, -0.2) is 0 Å². The fourth-order valence-electron chi connectivity index (χ4n) is 1.34. The van der Waals surface area contributed by atoms with Crippen LogP contribution < -0.4 is 0 Å². The lowest BCUT2D eigenvalue weighted by molar-refractivity contribution is -0.385. The van der Waals surface area contributed by atoms with Gasteiger partial charge in [-0.15, -0.1) is 0 Å². The molecule has 1 heterocycles. The van der Waals surface area contributed by atoms with E-state index in [1.165, 1.54) is 12.3 Å². The van der Waals surface area contributed by atoms with Crippen molar-refractivity contribution in [1.29, 1.82) is 0 Å². The van der Waals surface area contributed by atoms with Crippen LogP contribution in [0, 0.1) is 16.2 Å². The summed E-state index contributed by atoms with van der Waals surface area (Å²) >= 11 is 0. The summed E-state index contributed by atoms with van der Waals surface area (Å²) in [4.78, 5) is 10.3. The van der Waals surface area contributed by atoms with E-state index in [2.05, 4.69) is 11.2 Å². The van der Waals surface area contributed by atoms with Crippen LogP contribution in [0.4, 0.5) is 5.69 Å². The number of rotatable bonds is 3.